The number of rotatable bonds is 4. The molecule has 1 aromatic rings. The van der Waals surface area contributed by atoms with Crippen LogP contribution in [0.1, 0.15) is 32.3 Å². The molecule has 0 unspecified atom stereocenters. The maximum absolute atomic E-state index is 9.58. The summed E-state index contributed by atoms with van der Waals surface area (Å²) in [5, 5.41) is 9.58. The molecule has 0 aliphatic heterocycles. The van der Waals surface area contributed by atoms with E-state index in [1.54, 1.807) is 6.07 Å². The molecule has 0 saturated heterocycles. The van der Waals surface area contributed by atoms with Crippen molar-refractivity contribution in [1.82, 2.24) is 0 Å². The molecule has 3 N–H and O–H groups in total. The second-order valence-corrected chi connectivity index (χ2v) is 4.17. The fraction of sp³-hybridized carbons (Fsp3) is 0.500. The molecule has 78 valence electrons. The molecule has 0 aliphatic carbocycles. The Bertz CT molecular complexity index is 294. The summed E-state index contributed by atoms with van der Waals surface area (Å²) < 4.78 is 0. The summed E-state index contributed by atoms with van der Waals surface area (Å²) in [6.07, 6.45) is 3.25. The molecule has 0 spiro atoms. The normalized spacial score (nSPS) is 10.8. The van der Waals surface area contributed by atoms with E-state index in [2.05, 4.69) is 13.8 Å². The Labute approximate surface area is 85.8 Å². The Morgan fingerprint density at radius 2 is 2.07 bits per heavy atom. The largest absolute Gasteiger partial charge is 0.508 e. The minimum atomic E-state index is 0.328. The van der Waals surface area contributed by atoms with Crippen molar-refractivity contribution in [3.63, 3.8) is 0 Å². The van der Waals surface area contributed by atoms with Gasteiger partial charge in [-0.05, 0) is 30.4 Å². The monoisotopic (exact) mass is 193 g/mol. The van der Waals surface area contributed by atoms with Gasteiger partial charge in [-0.3, -0.25) is 0 Å². The van der Waals surface area contributed by atoms with Crippen LogP contribution in [0.4, 0.5) is 5.69 Å². The molecule has 2 heteroatoms. The highest BCUT2D eigenvalue weighted by atomic mass is 16.3. The van der Waals surface area contributed by atoms with Gasteiger partial charge in [0.15, 0.2) is 0 Å². The maximum Gasteiger partial charge on any atom is 0.120 e. The van der Waals surface area contributed by atoms with Gasteiger partial charge in [-0.2, -0.15) is 0 Å². The lowest BCUT2D eigenvalue weighted by Crippen LogP contribution is -1.92. The van der Waals surface area contributed by atoms with Crippen molar-refractivity contribution >= 4 is 5.69 Å². The van der Waals surface area contributed by atoms with E-state index in [4.69, 9.17) is 5.73 Å². The van der Waals surface area contributed by atoms with Crippen molar-refractivity contribution in [3.05, 3.63) is 23.8 Å². The molecule has 0 fully saturated rings. The fourth-order valence-electron chi connectivity index (χ4n) is 1.49. The Balaban J connectivity index is 2.51. The average Bonchev–Trinajstić information content (AvgIpc) is 2.08. The second kappa shape index (κ2) is 4.89. The summed E-state index contributed by atoms with van der Waals surface area (Å²) in [6.45, 7) is 4.42. The molecule has 2 nitrogen and oxygen atoms in total. The third kappa shape index (κ3) is 3.29. The molecule has 0 aliphatic rings. The zero-order chi connectivity index (χ0) is 10.6. The van der Waals surface area contributed by atoms with Crippen LogP contribution < -0.4 is 5.73 Å². The van der Waals surface area contributed by atoms with E-state index in [0.29, 0.717) is 11.4 Å². The van der Waals surface area contributed by atoms with Crippen LogP contribution in [0.3, 0.4) is 0 Å². The Morgan fingerprint density at radius 1 is 1.36 bits per heavy atom. The predicted molar refractivity (Wildman–Crippen MR) is 60.3 cm³/mol. The van der Waals surface area contributed by atoms with Gasteiger partial charge in [0.1, 0.15) is 5.75 Å². The van der Waals surface area contributed by atoms with E-state index in [0.717, 1.165) is 24.3 Å². The van der Waals surface area contributed by atoms with Gasteiger partial charge >= 0.3 is 0 Å². The van der Waals surface area contributed by atoms with Crippen LogP contribution in [0, 0.1) is 5.92 Å². The number of hydrogen-bond acceptors (Lipinski definition) is 2. The van der Waals surface area contributed by atoms with Crippen molar-refractivity contribution in [2.75, 3.05) is 5.73 Å². The molecule has 1 rings (SSSR count). The number of phenols is 1. The number of hydrogen-bond donors (Lipinski definition) is 2. The van der Waals surface area contributed by atoms with Crippen LogP contribution in [0.15, 0.2) is 18.2 Å². The highest BCUT2D eigenvalue weighted by Crippen LogP contribution is 2.22. The molecular formula is C12H19NO. The van der Waals surface area contributed by atoms with Crippen LogP contribution >= 0.6 is 0 Å². The number of nitrogens with two attached hydrogens (primary N) is 1. The van der Waals surface area contributed by atoms with E-state index in [1.165, 1.54) is 6.42 Å². The lowest BCUT2D eigenvalue weighted by molar-refractivity contribution is 0.464. The topological polar surface area (TPSA) is 46.2 Å². The minimum Gasteiger partial charge on any atom is -0.508 e. The van der Waals surface area contributed by atoms with Gasteiger partial charge < -0.3 is 10.8 Å². The molecule has 0 aromatic heterocycles. The van der Waals surface area contributed by atoms with Crippen LogP contribution in [0.2, 0.25) is 0 Å². The number of anilines is 1. The zero-order valence-electron chi connectivity index (χ0n) is 8.96. The summed E-state index contributed by atoms with van der Waals surface area (Å²) in [4.78, 5) is 0. The van der Waals surface area contributed by atoms with Gasteiger partial charge in [0, 0.05) is 11.8 Å². The number of benzene rings is 1. The molecular weight excluding hydrogens is 174 g/mol. The van der Waals surface area contributed by atoms with Crippen molar-refractivity contribution in [2.24, 2.45) is 5.92 Å². The molecule has 1 aromatic carbocycles. The van der Waals surface area contributed by atoms with Crippen molar-refractivity contribution in [3.8, 4) is 5.75 Å². The fourth-order valence-corrected chi connectivity index (χ4v) is 1.49. The van der Waals surface area contributed by atoms with Crippen LogP contribution in [0.25, 0.3) is 0 Å². The van der Waals surface area contributed by atoms with Gasteiger partial charge in [0.2, 0.25) is 0 Å². The first-order chi connectivity index (χ1) is 6.59. The molecule has 0 heterocycles. The smallest absolute Gasteiger partial charge is 0.120 e. The van der Waals surface area contributed by atoms with Crippen LogP contribution in [-0.2, 0) is 6.42 Å². The quantitative estimate of drug-likeness (QED) is 0.722. The Kier molecular flexibility index (Phi) is 3.81. The summed E-state index contributed by atoms with van der Waals surface area (Å²) in [6, 6.07) is 5.36. The van der Waals surface area contributed by atoms with Crippen molar-refractivity contribution < 1.29 is 5.11 Å². The van der Waals surface area contributed by atoms with E-state index in [1.807, 2.05) is 12.1 Å². The molecule has 0 amide bonds. The molecule has 0 bridgehead atoms. The summed E-state index contributed by atoms with van der Waals surface area (Å²) in [5.41, 5.74) is 7.16. The van der Waals surface area contributed by atoms with E-state index in [9.17, 15) is 5.11 Å². The van der Waals surface area contributed by atoms with Crippen LogP contribution in [-0.4, -0.2) is 5.11 Å². The lowest BCUT2D eigenvalue weighted by atomic mass is 10.0. The number of phenolic OH excluding ortho intramolecular Hbond substituents is 1. The average molecular weight is 193 g/mol. The summed E-state index contributed by atoms with van der Waals surface area (Å²) >= 11 is 0. The SMILES string of the molecule is CC(C)CCCc1ccc(N)cc1O. The van der Waals surface area contributed by atoms with E-state index in [-0.39, 0.29) is 0 Å². The Morgan fingerprint density at radius 3 is 2.64 bits per heavy atom. The van der Waals surface area contributed by atoms with Crippen molar-refractivity contribution in [2.45, 2.75) is 33.1 Å². The van der Waals surface area contributed by atoms with Gasteiger partial charge in [0.25, 0.3) is 0 Å². The third-order valence-electron chi connectivity index (χ3n) is 2.34. The van der Waals surface area contributed by atoms with Crippen molar-refractivity contribution in [1.29, 1.82) is 0 Å². The van der Waals surface area contributed by atoms with Gasteiger partial charge in [-0.25, -0.2) is 0 Å². The van der Waals surface area contributed by atoms with Gasteiger partial charge in [-0.1, -0.05) is 26.3 Å². The zero-order valence-corrected chi connectivity index (χ0v) is 8.96. The minimum absolute atomic E-state index is 0.328. The highest BCUT2D eigenvalue weighted by molar-refractivity contribution is 5.47. The number of nitrogen functional groups attached to an aromatic ring is 1. The predicted octanol–water partition coefficient (Wildman–Crippen LogP) is 2.95. The first-order valence-corrected chi connectivity index (χ1v) is 5.17. The third-order valence-corrected chi connectivity index (χ3v) is 2.34. The van der Waals surface area contributed by atoms with E-state index < -0.39 is 0 Å². The first kappa shape index (κ1) is 10.9. The van der Waals surface area contributed by atoms with E-state index >= 15 is 0 Å². The van der Waals surface area contributed by atoms with Gasteiger partial charge in [0.05, 0.1) is 0 Å². The lowest BCUT2D eigenvalue weighted by Gasteiger charge is -2.06. The maximum atomic E-state index is 9.58. The highest BCUT2D eigenvalue weighted by Gasteiger charge is 2.02. The summed E-state index contributed by atoms with van der Waals surface area (Å²) in [7, 11) is 0. The summed E-state index contributed by atoms with van der Waals surface area (Å²) in [5.74, 6) is 1.06. The van der Waals surface area contributed by atoms with Crippen LogP contribution in [0.5, 0.6) is 5.75 Å². The number of aromatic hydroxyl groups is 1. The second-order valence-electron chi connectivity index (χ2n) is 4.17. The standard InChI is InChI=1S/C12H19NO/c1-9(2)4-3-5-10-6-7-11(13)8-12(10)14/h6-9,14H,3-5,13H2,1-2H3. The Hall–Kier alpha value is -1.18. The molecule has 14 heavy (non-hydrogen) atoms. The number of aryl methyl sites for hydroxylation is 1. The molecule has 0 saturated carbocycles. The van der Waals surface area contributed by atoms with Gasteiger partial charge in [-0.15, -0.1) is 0 Å². The first-order valence-electron chi connectivity index (χ1n) is 5.17. The molecule has 0 radical (unpaired) electrons. The molecule has 0 atom stereocenters.